The molecule has 4 rings (SSSR count). The van der Waals surface area contributed by atoms with E-state index in [9.17, 15) is 4.79 Å². The van der Waals surface area contributed by atoms with Gasteiger partial charge >= 0.3 is 0 Å². The molecular formula is C20H22BrClN3O3S2-. The summed E-state index contributed by atoms with van der Waals surface area (Å²) in [4.78, 5) is 22.9. The number of benzene rings is 1. The number of nitrogens with zero attached hydrogens (tertiary/aromatic N) is 3. The highest BCUT2D eigenvalue weighted by atomic mass is 79.9. The number of fused-ring (bicyclic) bond motifs is 2. The van der Waals surface area contributed by atoms with Crippen LogP contribution in [0.15, 0.2) is 28.1 Å². The fourth-order valence-electron chi connectivity index (χ4n) is 3.20. The fourth-order valence-corrected chi connectivity index (χ4v) is 5.53. The van der Waals surface area contributed by atoms with Crippen LogP contribution in [0.5, 0.6) is 11.5 Å². The van der Waals surface area contributed by atoms with E-state index in [-0.39, 0.29) is 18.3 Å². The standard InChI is InChI=1S/C20H22BrN3O3S2.ClH/c1-3-23(4-2)7-8-24(19(25)16-5-6-18(21)28-16)20-22-13-11-14-15(12-17(13)29-20)27-10-9-26-14;/h5-6,11-12H,3-4,7-10H2,1-2H3;1H/p-1. The number of likely N-dealkylation sites (N-methyl/N-ethyl adjacent to an activating group) is 1. The zero-order chi connectivity index (χ0) is 20.4. The third-order valence-electron chi connectivity index (χ3n) is 4.84. The number of halogens is 2. The summed E-state index contributed by atoms with van der Waals surface area (Å²) >= 11 is 6.40. The largest absolute Gasteiger partial charge is 1.00 e. The van der Waals surface area contributed by atoms with Crippen LogP contribution >= 0.6 is 38.6 Å². The Bertz CT molecular complexity index is 979. The molecule has 10 heteroatoms. The van der Waals surface area contributed by atoms with Crippen molar-refractivity contribution in [1.29, 1.82) is 0 Å². The normalized spacial score (nSPS) is 12.8. The number of ether oxygens (including phenoxy) is 2. The summed E-state index contributed by atoms with van der Waals surface area (Å²) < 4.78 is 13.3. The van der Waals surface area contributed by atoms with Gasteiger partial charge in [0.05, 0.1) is 18.9 Å². The van der Waals surface area contributed by atoms with Gasteiger partial charge in [0.25, 0.3) is 5.91 Å². The third kappa shape index (κ3) is 4.91. The molecule has 6 nitrogen and oxygen atoms in total. The first-order valence-corrected chi connectivity index (χ1v) is 12.0. The molecule has 3 heterocycles. The molecule has 0 unspecified atom stereocenters. The molecule has 0 radical (unpaired) electrons. The summed E-state index contributed by atoms with van der Waals surface area (Å²) in [6.07, 6.45) is 0. The molecule has 0 bridgehead atoms. The first-order chi connectivity index (χ1) is 14.1. The summed E-state index contributed by atoms with van der Waals surface area (Å²) in [7, 11) is 0. The van der Waals surface area contributed by atoms with E-state index in [1.807, 2.05) is 24.3 Å². The molecule has 1 aromatic carbocycles. The SMILES string of the molecule is CCN(CC)CCN(C(=O)c1ccc(Br)s1)c1nc2cc3c(cc2s1)OCCO3.[Cl-]. The number of anilines is 1. The average molecular weight is 532 g/mol. The monoisotopic (exact) mass is 530 g/mol. The van der Waals surface area contributed by atoms with Crippen LogP contribution in [-0.2, 0) is 0 Å². The Hall–Kier alpha value is -1.39. The summed E-state index contributed by atoms with van der Waals surface area (Å²) in [5.41, 5.74) is 0.822. The second-order valence-electron chi connectivity index (χ2n) is 6.55. The van der Waals surface area contributed by atoms with Crippen LogP contribution in [-0.4, -0.2) is 55.2 Å². The van der Waals surface area contributed by atoms with Gasteiger partial charge in [-0.25, -0.2) is 4.98 Å². The van der Waals surface area contributed by atoms with E-state index in [4.69, 9.17) is 14.5 Å². The molecule has 1 aliphatic heterocycles. The molecule has 0 spiro atoms. The van der Waals surface area contributed by atoms with Gasteiger partial charge in [-0.05, 0) is 41.2 Å². The van der Waals surface area contributed by atoms with E-state index < -0.39 is 0 Å². The van der Waals surface area contributed by atoms with E-state index in [2.05, 4.69) is 34.7 Å². The Kier molecular flexibility index (Phi) is 7.98. The Morgan fingerprint density at radius 3 is 2.43 bits per heavy atom. The molecule has 0 atom stereocenters. The zero-order valence-corrected chi connectivity index (χ0v) is 20.7. The molecule has 0 N–H and O–H groups in total. The number of amides is 1. The van der Waals surface area contributed by atoms with Gasteiger partial charge in [-0.2, -0.15) is 0 Å². The van der Waals surface area contributed by atoms with Crippen molar-refractivity contribution >= 4 is 59.9 Å². The number of aromatic nitrogens is 1. The second-order valence-corrected chi connectivity index (χ2v) is 10.0. The van der Waals surface area contributed by atoms with E-state index >= 15 is 0 Å². The molecule has 1 amide bonds. The Labute approximate surface area is 198 Å². The van der Waals surface area contributed by atoms with Gasteiger partial charge in [0.15, 0.2) is 16.6 Å². The molecule has 0 saturated heterocycles. The third-order valence-corrected chi connectivity index (χ3v) is 7.49. The van der Waals surface area contributed by atoms with Crippen LogP contribution in [0, 0.1) is 0 Å². The van der Waals surface area contributed by atoms with Gasteiger partial charge in [0, 0.05) is 25.2 Å². The first kappa shape index (κ1) is 23.3. The maximum absolute atomic E-state index is 13.3. The van der Waals surface area contributed by atoms with Gasteiger partial charge in [-0.1, -0.05) is 25.2 Å². The number of hydrogen-bond acceptors (Lipinski definition) is 7. The maximum Gasteiger partial charge on any atom is 0.270 e. The number of thiophene rings is 1. The molecule has 0 fully saturated rings. The highest BCUT2D eigenvalue weighted by Gasteiger charge is 2.24. The van der Waals surface area contributed by atoms with Crippen molar-refractivity contribution in [3.8, 4) is 11.5 Å². The van der Waals surface area contributed by atoms with Crippen molar-refractivity contribution in [1.82, 2.24) is 9.88 Å². The molecule has 2 aromatic heterocycles. The topological polar surface area (TPSA) is 54.9 Å². The van der Waals surface area contributed by atoms with Crippen molar-refractivity contribution in [3.05, 3.63) is 32.9 Å². The number of thiazole rings is 1. The molecule has 1 aliphatic rings. The highest BCUT2D eigenvalue weighted by Crippen LogP contribution is 2.39. The van der Waals surface area contributed by atoms with Crippen LogP contribution in [0.3, 0.4) is 0 Å². The predicted molar refractivity (Wildman–Crippen MR) is 122 cm³/mol. The lowest BCUT2D eigenvalue weighted by atomic mass is 10.3. The molecule has 0 aliphatic carbocycles. The summed E-state index contributed by atoms with van der Waals surface area (Å²) in [5.74, 6) is 1.43. The Morgan fingerprint density at radius 2 is 1.80 bits per heavy atom. The number of rotatable bonds is 7. The first-order valence-electron chi connectivity index (χ1n) is 9.58. The van der Waals surface area contributed by atoms with Crippen LogP contribution in [0.1, 0.15) is 23.5 Å². The fraction of sp³-hybridized carbons (Fsp3) is 0.400. The molecular weight excluding hydrogens is 510 g/mol. The number of hydrogen-bond donors (Lipinski definition) is 0. The van der Waals surface area contributed by atoms with Gasteiger partial charge in [-0.15, -0.1) is 11.3 Å². The lowest BCUT2D eigenvalue weighted by Gasteiger charge is -2.24. The molecule has 162 valence electrons. The van der Waals surface area contributed by atoms with E-state index in [1.165, 1.54) is 22.7 Å². The lowest BCUT2D eigenvalue weighted by Crippen LogP contribution is -3.00. The predicted octanol–water partition coefficient (Wildman–Crippen LogP) is 1.88. The Morgan fingerprint density at radius 1 is 1.10 bits per heavy atom. The van der Waals surface area contributed by atoms with Gasteiger partial charge in [0.2, 0.25) is 0 Å². The van der Waals surface area contributed by atoms with Crippen molar-refractivity contribution in [2.75, 3.05) is 44.3 Å². The summed E-state index contributed by atoms with van der Waals surface area (Å²) in [5, 5.41) is 0.698. The minimum atomic E-state index is -0.0239. The van der Waals surface area contributed by atoms with Gasteiger partial charge in [-0.3, -0.25) is 9.69 Å². The Balaban J connectivity index is 0.00000256. The molecule has 3 aromatic rings. The van der Waals surface area contributed by atoms with Gasteiger partial charge in [0.1, 0.15) is 13.2 Å². The average Bonchev–Trinajstić information content (AvgIpc) is 3.34. The van der Waals surface area contributed by atoms with Crippen LogP contribution in [0.25, 0.3) is 10.2 Å². The van der Waals surface area contributed by atoms with Crippen LogP contribution < -0.4 is 26.8 Å². The number of carbonyl (C=O) groups excluding carboxylic acids is 1. The zero-order valence-electron chi connectivity index (χ0n) is 16.7. The molecule has 30 heavy (non-hydrogen) atoms. The summed E-state index contributed by atoms with van der Waals surface area (Å²) in [6.45, 7) is 8.63. The maximum atomic E-state index is 13.3. The second kappa shape index (κ2) is 10.3. The minimum absolute atomic E-state index is 0. The molecule has 0 saturated carbocycles. The quantitative estimate of drug-likeness (QED) is 0.466. The lowest BCUT2D eigenvalue weighted by molar-refractivity contribution is -0.0000140. The minimum Gasteiger partial charge on any atom is -1.00 e. The van der Waals surface area contributed by atoms with Crippen molar-refractivity contribution < 1.29 is 26.7 Å². The van der Waals surface area contributed by atoms with E-state index in [0.717, 1.165) is 39.4 Å². The van der Waals surface area contributed by atoms with Crippen molar-refractivity contribution in [3.63, 3.8) is 0 Å². The van der Waals surface area contributed by atoms with Crippen molar-refractivity contribution in [2.45, 2.75) is 13.8 Å². The summed E-state index contributed by atoms with van der Waals surface area (Å²) in [6, 6.07) is 7.62. The van der Waals surface area contributed by atoms with Crippen LogP contribution in [0.2, 0.25) is 0 Å². The van der Waals surface area contributed by atoms with E-state index in [1.54, 1.807) is 4.90 Å². The van der Waals surface area contributed by atoms with Crippen LogP contribution in [0.4, 0.5) is 5.13 Å². The highest BCUT2D eigenvalue weighted by molar-refractivity contribution is 9.11. The van der Waals surface area contributed by atoms with Gasteiger partial charge < -0.3 is 26.8 Å². The number of carbonyl (C=O) groups is 1. The van der Waals surface area contributed by atoms with E-state index in [0.29, 0.717) is 35.5 Å². The smallest absolute Gasteiger partial charge is 0.270 e. The van der Waals surface area contributed by atoms with Crippen molar-refractivity contribution in [2.24, 2.45) is 0 Å².